The molecule has 3 nitrogen and oxygen atoms in total. The molecule has 0 unspecified atom stereocenters. The Bertz CT molecular complexity index is 528. The number of imidazole rings is 1. The first-order valence-corrected chi connectivity index (χ1v) is 6.04. The summed E-state index contributed by atoms with van der Waals surface area (Å²) in [6.45, 7) is 0.551. The Balaban J connectivity index is 2.19. The number of fused-ring (bicyclic) bond motifs is 1. The molecule has 0 amide bonds. The van der Waals surface area contributed by atoms with E-state index in [9.17, 15) is 0 Å². The van der Waals surface area contributed by atoms with E-state index in [2.05, 4.69) is 15.6 Å². The quantitative estimate of drug-likeness (QED) is 0.870. The van der Waals surface area contributed by atoms with Gasteiger partial charge in [0, 0.05) is 18.7 Å². The predicted molar refractivity (Wildman–Crippen MR) is 64.7 cm³/mol. The molecular weight excluding hydrogens is 222 g/mol. The summed E-state index contributed by atoms with van der Waals surface area (Å²) in [6, 6.07) is 4.01. The second-order valence-corrected chi connectivity index (χ2v) is 4.74. The fourth-order valence-electron chi connectivity index (χ4n) is 2.19. The first-order chi connectivity index (χ1) is 7.79. The van der Waals surface area contributed by atoms with E-state index in [1.54, 1.807) is 0 Å². The Morgan fingerprint density at radius 2 is 2.25 bits per heavy atom. The minimum absolute atomic E-state index is 0.551. The van der Waals surface area contributed by atoms with E-state index in [4.69, 9.17) is 17.3 Å². The molecule has 2 N–H and O–H groups in total. The second-order valence-electron chi connectivity index (χ2n) is 4.39. The first kappa shape index (κ1) is 10.1. The maximum atomic E-state index is 6.14. The van der Waals surface area contributed by atoms with Crippen LogP contribution >= 0.6 is 11.6 Å². The van der Waals surface area contributed by atoms with Gasteiger partial charge >= 0.3 is 0 Å². The van der Waals surface area contributed by atoms with Gasteiger partial charge < -0.3 is 10.1 Å². The van der Waals surface area contributed by atoms with E-state index in [-0.39, 0.29) is 0 Å². The van der Waals surface area contributed by atoms with Gasteiger partial charge in [-0.2, -0.15) is 0 Å². The van der Waals surface area contributed by atoms with Gasteiger partial charge in [0.15, 0.2) is 5.15 Å². The lowest BCUT2D eigenvalue weighted by molar-refractivity contribution is 0.400. The lowest BCUT2D eigenvalue weighted by atomic mass is 9.85. The molecule has 1 fully saturated rings. The number of rotatable bonds is 2. The van der Waals surface area contributed by atoms with Crippen LogP contribution in [0.3, 0.4) is 0 Å². The highest BCUT2D eigenvalue weighted by molar-refractivity contribution is 6.32. The van der Waals surface area contributed by atoms with Crippen LogP contribution in [-0.2, 0) is 6.54 Å². The standard InChI is InChI=1S/C12H14ClN3/c13-11-10-5-4-8(6-14)7-16(10)12(15-11)9-2-1-3-9/h4-5,7,9H,1-3,6,14H2. The van der Waals surface area contributed by atoms with Gasteiger partial charge in [-0.25, -0.2) is 4.98 Å². The molecule has 0 atom stereocenters. The third-order valence-corrected chi connectivity index (χ3v) is 3.66. The molecule has 84 valence electrons. The Hall–Kier alpha value is -1.06. The summed E-state index contributed by atoms with van der Waals surface area (Å²) in [5.41, 5.74) is 7.75. The zero-order valence-electron chi connectivity index (χ0n) is 8.99. The highest BCUT2D eigenvalue weighted by Crippen LogP contribution is 2.37. The van der Waals surface area contributed by atoms with Crippen LogP contribution in [0.2, 0.25) is 5.15 Å². The summed E-state index contributed by atoms with van der Waals surface area (Å²) < 4.78 is 2.11. The predicted octanol–water partition coefficient (Wildman–Crippen LogP) is 2.71. The fraction of sp³-hybridized carbons (Fsp3) is 0.417. The number of aromatic nitrogens is 2. The van der Waals surface area contributed by atoms with Gasteiger partial charge in [0.05, 0.1) is 5.52 Å². The van der Waals surface area contributed by atoms with E-state index in [0.29, 0.717) is 17.6 Å². The molecule has 0 aliphatic heterocycles. The van der Waals surface area contributed by atoms with E-state index in [0.717, 1.165) is 16.9 Å². The Morgan fingerprint density at radius 3 is 2.88 bits per heavy atom. The van der Waals surface area contributed by atoms with Crippen LogP contribution in [0.1, 0.15) is 36.6 Å². The zero-order valence-corrected chi connectivity index (χ0v) is 9.74. The van der Waals surface area contributed by atoms with Crippen LogP contribution in [0.4, 0.5) is 0 Å². The van der Waals surface area contributed by atoms with Crippen LogP contribution in [0.5, 0.6) is 0 Å². The van der Waals surface area contributed by atoms with Gasteiger partial charge in [0.1, 0.15) is 5.82 Å². The molecule has 16 heavy (non-hydrogen) atoms. The molecule has 2 heterocycles. The van der Waals surface area contributed by atoms with Crippen molar-refractivity contribution in [3.8, 4) is 0 Å². The molecule has 0 bridgehead atoms. The van der Waals surface area contributed by atoms with Crippen molar-refractivity contribution in [3.63, 3.8) is 0 Å². The minimum atomic E-state index is 0.551. The smallest absolute Gasteiger partial charge is 0.155 e. The molecule has 4 heteroatoms. The number of nitrogens with two attached hydrogens (primary N) is 1. The summed E-state index contributed by atoms with van der Waals surface area (Å²) in [4.78, 5) is 4.47. The molecule has 2 aromatic heterocycles. The van der Waals surface area contributed by atoms with Crippen LogP contribution < -0.4 is 5.73 Å². The molecule has 2 aromatic rings. The third-order valence-electron chi connectivity index (χ3n) is 3.39. The molecule has 0 spiro atoms. The molecule has 0 radical (unpaired) electrons. The first-order valence-electron chi connectivity index (χ1n) is 5.66. The molecule has 1 aliphatic rings. The van der Waals surface area contributed by atoms with E-state index < -0.39 is 0 Å². The van der Waals surface area contributed by atoms with Crippen molar-refractivity contribution in [2.75, 3.05) is 0 Å². The van der Waals surface area contributed by atoms with Crippen molar-refractivity contribution in [2.45, 2.75) is 31.7 Å². The van der Waals surface area contributed by atoms with Gasteiger partial charge in [-0.15, -0.1) is 0 Å². The topological polar surface area (TPSA) is 43.3 Å². The van der Waals surface area contributed by atoms with Crippen LogP contribution in [0.15, 0.2) is 18.3 Å². The summed E-state index contributed by atoms with van der Waals surface area (Å²) >= 11 is 6.14. The maximum absolute atomic E-state index is 6.14. The van der Waals surface area contributed by atoms with Crippen molar-refractivity contribution in [3.05, 3.63) is 34.9 Å². The molecular formula is C12H14ClN3. The minimum Gasteiger partial charge on any atom is -0.326 e. The monoisotopic (exact) mass is 235 g/mol. The summed E-state index contributed by atoms with van der Waals surface area (Å²) in [5, 5.41) is 0.602. The van der Waals surface area contributed by atoms with Gasteiger partial charge in [0.25, 0.3) is 0 Å². The number of halogens is 1. The molecule has 1 aliphatic carbocycles. The van der Waals surface area contributed by atoms with Gasteiger partial charge in [0.2, 0.25) is 0 Å². The second kappa shape index (κ2) is 3.75. The van der Waals surface area contributed by atoms with Crippen LogP contribution in [0.25, 0.3) is 5.52 Å². The van der Waals surface area contributed by atoms with Crippen molar-refractivity contribution >= 4 is 17.1 Å². The van der Waals surface area contributed by atoms with Crippen molar-refractivity contribution < 1.29 is 0 Å². The lowest BCUT2D eigenvalue weighted by Crippen LogP contribution is -2.12. The molecule has 1 saturated carbocycles. The number of hydrogen-bond acceptors (Lipinski definition) is 2. The normalized spacial score (nSPS) is 16.6. The third kappa shape index (κ3) is 1.43. The average molecular weight is 236 g/mol. The van der Waals surface area contributed by atoms with Gasteiger partial charge in [-0.3, -0.25) is 0 Å². The molecule has 0 aromatic carbocycles. The Kier molecular flexibility index (Phi) is 2.37. The molecule has 3 rings (SSSR count). The number of pyridine rings is 1. The number of hydrogen-bond donors (Lipinski definition) is 1. The van der Waals surface area contributed by atoms with Gasteiger partial charge in [-0.05, 0) is 24.5 Å². The SMILES string of the molecule is NCc1ccc2c(Cl)nc(C3CCC3)n2c1. The summed E-state index contributed by atoms with van der Waals surface area (Å²) in [6.07, 6.45) is 5.81. The van der Waals surface area contributed by atoms with Gasteiger partial charge in [-0.1, -0.05) is 24.1 Å². The molecule has 0 saturated heterocycles. The van der Waals surface area contributed by atoms with E-state index in [1.165, 1.54) is 19.3 Å². The summed E-state index contributed by atoms with van der Waals surface area (Å²) in [5.74, 6) is 1.68. The highest BCUT2D eigenvalue weighted by atomic mass is 35.5. The summed E-state index contributed by atoms with van der Waals surface area (Å²) in [7, 11) is 0. The van der Waals surface area contributed by atoms with Crippen molar-refractivity contribution in [1.82, 2.24) is 9.38 Å². The van der Waals surface area contributed by atoms with Crippen molar-refractivity contribution in [1.29, 1.82) is 0 Å². The average Bonchev–Trinajstić information content (AvgIpc) is 2.54. The van der Waals surface area contributed by atoms with E-state index in [1.807, 2.05) is 12.1 Å². The van der Waals surface area contributed by atoms with Crippen molar-refractivity contribution in [2.24, 2.45) is 5.73 Å². The lowest BCUT2D eigenvalue weighted by Gasteiger charge is -2.24. The fourth-order valence-corrected chi connectivity index (χ4v) is 2.43. The largest absolute Gasteiger partial charge is 0.326 e. The Labute approximate surface area is 99.2 Å². The highest BCUT2D eigenvalue weighted by Gasteiger charge is 2.25. The zero-order chi connectivity index (χ0) is 11.1. The Morgan fingerprint density at radius 1 is 1.44 bits per heavy atom. The van der Waals surface area contributed by atoms with E-state index >= 15 is 0 Å². The van der Waals surface area contributed by atoms with Crippen LogP contribution in [0, 0.1) is 0 Å². The maximum Gasteiger partial charge on any atom is 0.155 e. The van der Waals surface area contributed by atoms with Crippen LogP contribution in [-0.4, -0.2) is 9.38 Å². The number of nitrogens with zero attached hydrogens (tertiary/aromatic N) is 2.